The molecule has 2 heteroatoms. The van der Waals surface area contributed by atoms with Crippen molar-refractivity contribution in [2.45, 2.75) is 20.8 Å². The number of rotatable bonds is 4. The average Bonchev–Trinajstić information content (AvgIpc) is 2.23. The van der Waals surface area contributed by atoms with Gasteiger partial charge in [-0.1, -0.05) is 17.7 Å². The van der Waals surface area contributed by atoms with Crippen LogP contribution in [0.15, 0.2) is 35.4 Å². The number of likely N-dealkylation sites (N-methyl/N-ethyl adjacent to an activating group) is 1. The van der Waals surface area contributed by atoms with Gasteiger partial charge in [0, 0.05) is 31.9 Å². The highest BCUT2D eigenvalue weighted by molar-refractivity contribution is 5.49. The first-order valence-electron chi connectivity index (χ1n) is 6.40. The quantitative estimate of drug-likeness (QED) is 0.800. The van der Waals surface area contributed by atoms with Gasteiger partial charge in [-0.05, 0) is 44.0 Å². The monoisotopic (exact) mass is 230 g/mol. The minimum atomic E-state index is 1.05. The van der Waals surface area contributed by atoms with Gasteiger partial charge in [0.2, 0.25) is 0 Å². The van der Waals surface area contributed by atoms with Crippen LogP contribution in [0.4, 0.5) is 5.69 Å². The third-order valence-electron chi connectivity index (χ3n) is 3.46. The van der Waals surface area contributed by atoms with Gasteiger partial charge in [0.05, 0.1) is 0 Å². The molecule has 0 amide bonds. The second kappa shape index (κ2) is 5.37. The van der Waals surface area contributed by atoms with Crippen LogP contribution in [0.1, 0.15) is 19.4 Å². The Morgan fingerprint density at radius 1 is 1.35 bits per heavy atom. The van der Waals surface area contributed by atoms with Crippen LogP contribution >= 0.6 is 0 Å². The van der Waals surface area contributed by atoms with Crippen LogP contribution in [0.2, 0.25) is 0 Å². The topological polar surface area (TPSA) is 15.3 Å². The molecule has 1 N–H and O–H groups in total. The maximum Gasteiger partial charge on any atom is 0.0389 e. The van der Waals surface area contributed by atoms with E-state index in [-0.39, 0.29) is 0 Å². The van der Waals surface area contributed by atoms with E-state index in [4.69, 9.17) is 0 Å². The van der Waals surface area contributed by atoms with Crippen LogP contribution < -0.4 is 10.2 Å². The minimum Gasteiger partial charge on any atom is -0.368 e. The Balaban J connectivity index is 2.11. The summed E-state index contributed by atoms with van der Waals surface area (Å²) in [6.45, 7) is 10.9. The van der Waals surface area contributed by atoms with Gasteiger partial charge in [0.25, 0.3) is 0 Å². The largest absolute Gasteiger partial charge is 0.368 e. The average molecular weight is 230 g/mol. The van der Waals surface area contributed by atoms with Gasteiger partial charge in [-0.15, -0.1) is 0 Å². The third-order valence-corrected chi connectivity index (χ3v) is 3.46. The van der Waals surface area contributed by atoms with Crippen LogP contribution in [-0.2, 0) is 0 Å². The number of hydrogen-bond acceptors (Lipinski definition) is 2. The first kappa shape index (κ1) is 12.2. The molecular formula is C15H22N2. The number of nitrogens with zero attached hydrogens (tertiary/aromatic N) is 1. The summed E-state index contributed by atoms with van der Waals surface area (Å²) in [5.41, 5.74) is 5.76. The Morgan fingerprint density at radius 3 is 2.65 bits per heavy atom. The molecule has 1 aromatic rings. The summed E-state index contributed by atoms with van der Waals surface area (Å²) in [5, 5.41) is 3.31. The third kappa shape index (κ3) is 2.89. The van der Waals surface area contributed by atoms with E-state index < -0.39 is 0 Å². The molecule has 0 spiro atoms. The number of anilines is 1. The number of benzene rings is 1. The fraction of sp³-hybridized carbons (Fsp3) is 0.467. The Kier molecular flexibility index (Phi) is 3.85. The van der Waals surface area contributed by atoms with Crippen molar-refractivity contribution in [2.24, 2.45) is 0 Å². The van der Waals surface area contributed by atoms with Crippen molar-refractivity contribution in [3.8, 4) is 0 Å². The van der Waals surface area contributed by atoms with Crippen LogP contribution in [0.3, 0.4) is 0 Å². The summed E-state index contributed by atoms with van der Waals surface area (Å²) in [5.74, 6) is 0. The lowest BCUT2D eigenvalue weighted by Gasteiger charge is -2.28. The molecule has 0 aliphatic carbocycles. The Bertz CT molecular complexity index is 415. The standard InChI is InChI=1S/C15H22N2/c1-4-17(11-13(3)14-9-16-10-14)15-7-5-6-12(2)8-15/h5-8,16H,4,9-11H2,1-3H3. The highest BCUT2D eigenvalue weighted by Crippen LogP contribution is 2.18. The molecule has 1 aliphatic heterocycles. The van der Waals surface area contributed by atoms with E-state index in [1.165, 1.54) is 16.8 Å². The molecule has 0 saturated carbocycles. The first-order chi connectivity index (χ1) is 8.20. The Hall–Kier alpha value is -1.28. The lowest BCUT2D eigenvalue weighted by molar-refractivity contribution is 0.651. The summed E-state index contributed by atoms with van der Waals surface area (Å²) in [4.78, 5) is 2.44. The summed E-state index contributed by atoms with van der Waals surface area (Å²) in [6.07, 6.45) is 0. The summed E-state index contributed by atoms with van der Waals surface area (Å²) >= 11 is 0. The molecule has 1 aromatic carbocycles. The molecule has 0 radical (unpaired) electrons. The second-order valence-electron chi connectivity index (χ2n) is 4.84. The summed E-state index contributed by atoms with van der Waals surface area (Å²) in [7, 11) is 0. The molecule has 2 rings (SSSR count). The van der Waals surface area contributed by atoms with Crippen LogP contribution in [0.5, 0.6) is 0 Å². The Morgan fingerprint density at radius 2 is 2.12 bits per heavy atom. The van der Waals surface area contributed by atoms with E-state index in [0.717, 1.165) is 26.2 Å². The van der Waals surface area contributed by atoms with Crippen molar-refractivity contribution in [1.82, 2.24) is 5.32 Å². The van der Waals surface area contributed by atoms with E-state index >= 15 is 0 Å². The van der Waals surface area contributed by atoms with Crippen molar-refractivity contribution < 1.29 is 0 Å². The molecule has 0 bridgehead atoms. The maximum absolute atomic E-state index is 3.31. The predicted octanol–water partition coefficient (Wildman–Crippen LogP) is 2.74. The Labute approximate surface area is 104 Å². The number of nitrogens with one attached hydrogen (secondary N) is 1. The van der Waals surface area contributed by atoms with Crippen molar-refractivity contribution in [2.75, 3.05) is 31.1 Å². The zero-order valence-corrected chi connectivity index (χ0v) is 11.1. The van der Waals surface area contributed by atoms with Crippen molar-refractivity contribution in [1.29, 1.82) is 0 Å². The van der Waals surface area contributed by atoms with Gasteiger partial charge < -0.3 is 10.2 Å². The molecule has 2 nitrogen and oxygen atoms in total. The van der Waals surface area contributed by atoms with Crippen LogP contribution in [0.25, 0.3) is 0 Å². The minimum absolute atomic E-state index is 1.05. The lowest BCUT2D eigenvalue weighted by atomic mass is 10.0. The molecular weight excluding hydrogens is 208 g/mol. The van der Waals surface area contributed by atoms with Gasteiger partial charge in [-0.2, -0.15) is 0 Å². The van der Waals surface area contributed by atoms with Crippen LogP contribution in [-0.4, -0.2) is 26.2 Å². The first-order valence-corrected chi connectivity index (χ1v) is 6.40. The van der Waals surface area contributed by atoms with Gasteiger partial charge in [-0.3, -0.25) is 0 Å². The van der Waals surface area contributed by atoms with E-state index in [9.17, 15) is 0 Å². The molecule has 0 atom stereocenters. The zero-order chi connectivity index (χ0) is 12.3. The highest BCUT2D eigenvalue weighted by Gasteiger charge is 2.13. The van der Waals surface area contributed by atoms with Gasteiger partial charge >= 0.3 is 0 Å². The normalized spacial score (nSPS) is 14.4. The number of hydrogen-bond donors (Lipinski definition) is 1. The van der Waals surface area contributed by atoms with Crippen LogP contribution in [0, 0.1) is 6.92 Å². The molecule has 1 fully saturated rings. The molecule has 17 heavy (non-hydrogen) atoms. The molecule has 1 aliphatic rings. The van der Waals surface area contributed by atoms with Gasteiger partial charge in [-0.25, -0.2) is 0 Å². The summed E-state index contributed by atoms with van der Waals surface area (Å²) in [6, 6.07) is 8.76. The van der Waals surface area contributed by atoms with Crippen molar-refractivity contribution >= 4 is 5.69 Å². The smallest absolute Gasteiger partial charge is 0.0389 e. The lowest BCUT2D eigenvalue weighted by Crippen LogP contribution is -2.36. The molecule has 1 saturated heterocycles. The SMILES string of the molecule is CCN(CC(C)=C1CNC1)c1cccc(C)c1. The van der Waals surface area contributed by atoms with Crippen molar-refractivity contribution in [3.05, 3.63) is 41.0 Å². The van der Waals surface area contributed by atoms with Gasteiger partial charge in [0.15, 0.2) is 0 Å². The van der Waals surface area contributed by atoms with Gasteiger partial charge in [0.1, 0.15) is 0 Å². The fourth-order valence-corrected chi connectivity index (χ4v) is 2.16. The number of aryl methyl sites for hydroxylation is 1. The summed E-state index contributed by atoms with van der Waals surface area (Å²) < 4.78 is 0. The predicted molar refractivity (Wildman–Crippen MR) is 74.6 cm³/mol. The van der Waals surface area contributed by atoms with E-state index in [2.05, 4.69) is 55.3 Å². The van der Waals surface area contributed by atoms with E-state index in [1.807, 2.05) is 0 Å². The fourth-order valence-electron chi connectivity index (χ4n) is 2.16. The van der Waals surface area contributed by atoms with Crippen molar-refractivity contribution in [3.63, 3.8) is 0 Å². The molecule has 1 heterocycles. The zero-order valence-electron chi connectivity index (χ0n) is 11.1. The second-order valence-corrected chi connectivity index (χ2v) is 4.84. The van der Waals surface area contributed by atoms with E-state index in [0.29, 0.717) is 0 Å². The molecule has 0 aromatic heterocycles. The van der Waals surface area contributed by atoms with E-state index in [1.54, 1.807) is 5.57 Å². The molecule has 0 unspecified atom stereocenters. The highest BCUT2D eigenvalue weighted by atomic mass is 15.1. The maximum atomic E-state index is 3.31. The molecule has 92 valence electrons.